The Kier molecular flexibility index (Phi) is 5.83. The van der Waals surface area contributed by atoms with E-state index in [2.05, 4.69) is 44.2 Å². The van der Waals surface area contributed by atoms with E-state index in [1.807, 2.05) is 30.3 Å². The fraction of sp³-hybridized carbons (Fsp3) is 0.333. The van der Waals surface area contributed by atoms with Crippen molar-refractivity contribution in [2.75, 3.05) is 7.11 Å². The quantitative estimate of drug-likeness (QED) is 0.524. The van der Waals surface area contributed by atoms with E-state index >= 15 is 0 Å². The lowest BCUT2D eigenvalue weighted by atomic mass is 9.84. The van der Waals surface area contributed by atoms with E-state index in [9.17, 15) is 5.11 Å². The number of methoxy groups -OCH3 is 1. The van der Waals surface area contributed by atoms with Gasteiger partial charge in [0.2, 0.25) is 0 Å². The summed E-state index contributed by atoms with van der Waals surface area (Å²) in [6.07, 6.45) is 3.70. The first-order valence-corrected chi connectivity index (χ1v) is 10.7. The van der Waals surface area contributed by atoms with Crippen molar-refractivity contribution in [3.8, 4) is 22.6 Å². The third-order valence-electron chi connectivity index (χ3n) is 6.19. The summed E-state index contributed by atoms with van der Waals surface area (Å²) in [6, 6.07) is 20.7. The summed E-state index contributed by atoms with van der Waals surface area (Å²) in [7, 11) is 1.69. The average Bonchev–Trinajstić information content (AvgIpc) is 3.21. The Balaban J connectivity index is 1.68. The van der Waals surface area contributed by atoms with E-state index in [4.69, 9.17) is 9.47 Å². The molecule has 156 valence electrons. The molecule has 1 saturated carbocycles. The van der Waals surface area contributed by atoms with Crippen LogP contribution in [0.3, 0.4) is 0 Å². The van der Waals surface area contributed by atoms with Crippen LogP contribution in [0.2, 0.25) is 0 Å². The minimum Gasteiger partial charge on any atom is -0.496 e. The summed E-state index contributed by atoms with van der Waals surface area (Å²) >= 11 is 0. The molecule has 0 atom stereocenters. The Hall–Kier alpha value is -2.78. The predicted molar refractivity (Wildman–Crippen MR) is 121 cm³/mol. The molecule has 3 nitrogen and oxygen atoms in total. The van der Waals surface area contributed by atoms with Crippen LogP contribution in [0.5, 0.6) is 11.5 Å². The molecule has 1 N–H and O–H groups in total. The topological polar surface area (TPSA) is 38.7 Å². The van der Waals surface area contributed by atoms with E-state index in [1.165, 1.54) is 0 Å². The highest BCUT2D eigenvalue weighted by Gasteiger charge is 2.35. The smallest absolute Gasteiger partial charge is 0.122 e. The second-order valence-electron chi connectivity index (χ2n) is 8.36. The number of rotatable bonds is 6. The maximum Gasteiger partial charge on any atom is 0.122 e. The van der Waals surface area contributed by atoms with E-state index < -0.39 is 5.60 Å². The number of ether oxygens (including phenoxy) is 2. The number of aliphatic hydroxyl groups is 1. The van der Waals surface area contributed by atoms with E-state index in [0.717, 1.165) is 70.6 Å². The van der Waals surface area contributed by atoms with Gasteiger partial charge in [-0.05, 0) is 84.3 Å². The van der Waals surface area contributed by atoms with E-state index in [0.29, 0.717) is 6.61 Å². The molecule has 0 aromatic heterocycles. The van der Waals surface area contributed by atoms with Crippen LogP contribution in [-0.2, 0) is 12.2 Å². The van der Waals surface area contributed by atoms with Crippen molar-refractivity contribution in [2.45, 2.75) is 51.7 Å². The van der Waals surface area contributed by atoms with Gasteiger partial charge >= 0.3 is 0 Å². The molecule has 0 unspecified atom stereocenters. The lowest BCUT2D eigenvalue weighted by Crippen LogP contribution is -2.22. The van der Waals surface area contributed by atoms with Crippen molar-refractivity contribution >= 4 is 0 Å². The fourth-order valence-corrected chi connectivity index (χ4v) is 4.48. The fourth-order valence-electron chi connectivity index (χ4n) is 4.48. The van der Waals surface area contributed by atoms with Crippen LogP contribution in [0.1, 0.15) is 47.9 Å². The minimum absolute atomic E-state index is 0.549. The Morgan fingerprint density at radius 3 is 2.23 bits per heavy atom. The molecule has 3 aromatic rings. The van der Waals surface area contributed by atoms with Gasteiger partial charge in [0.05, 0.1) is 12.7 Å². The highest BCUT2D eigenvalue weighted by molar-refractivity contribution is 5.72. The zero-order chi connectivity index (χ0) is 21.1. The summed E-state index contributed by atoms with van der Waals surface area (Å²) in [4.78, 5) is 0. The molecule has 3 aromatic carbocycles. The number of hydrogen-bond acceptors (Lipinski definition) is 3. The van der Waals surface area contributed by atoms with Gasteiger partial charge in [-0.3, -0.25) is 0 Å². The number of benzene rings is 3. The molecule has 3 heteroatoms. The lowest BCUT2D eigenvalue weighted by Gasteiger charge is -2.27. The molecule has 30 heavy (non-hydrogen) atoms. The molecule has 0 saturated heterocycles. The third kappa shape index (κ3) is 4.08. The van der Waals surface area contributed by atoms with Gasteiger partial charge in [0, 0.05) is 0 Å². The van der Waals surface area contributed by atoms with Gasteiger partial charge in [-0.1, -0.05) is 49.2 Å². The predicted octanol–water partition coefficient (Wildman–Crippen LogP) is 6.32. The highest BCUT2D eigenvalue weighted by atomic mass is 16.5. The Bertz CT molecular complexity index is 1020. The Morgan fingerprint density at radius 1 is 0.867 bits per heavy atom. The standard InChI is InChI=1S/C27H30O3/c1-19-15-22(11-12-25(19)30-18-21-9-5-4-6-10-21)23-16-20(2)26(29-3)17-24(23)27(28)13-7-8-14-27/h4-6,9-12,15-17,28H,7-8,13-14,18H2,1-3H3. The van der Waals surface area contributed by atoms with E-state index in [1.54, 1.807) is 7.11 Å². The number of hydrogen-bond donors (Lipinski definition) is 1. The normalized spacial score (nSPS) is 15.2. The van der Waals surface area contributed by atoms with E-state index in [-0.39, 0.29) is 0 Å². The molecular formula is C27H30O3. The maximum atomic E-state index is 11.4. The molecule has 4 rings (SSSR count). The monoisotopic (exact) mass is 402 g/mol. The second kappa shape index (κ2) is 8.53. The second-order valence-corrected chi connectivity index (χ2v) is 8.36. The maximum absolute atomic E-state index is 11.4. The largest absolute Gasteiger partial charge is 0.496 e. The van der Waals surface area contributed by atoms with Gasteiger partial charge in [0.1, 0.15) is 18.1 Å². The van der Waals surface area contributed by atoms with Gasteiger partial charge < -0.3 is 14.6 Å². The van der Waals surface area contributed by atoms with Crippen LogP contribution in [0.4, 0.5) is 0 Å². The van der Waals surface area contributed by atoms with Gasteiger partial charge in [-0.2, -0.15) is 0 Å². The first-order chi connectivity index (χ1) is 14.5. The third-order valence-corrected chi connectivity index (χ3v) is 6.19. The van der Waals surface area contributed by atoms with Crippen LogP contribution >= 0.6 is 0 Å². The van der Waals surface area contributed by atoms with Crippen molar-refractivity contribution in [3.05, 3.63) is 82.9 Å². The van der Waals surface area contributed by atoms with Crippen molar-refractivity contribution in [3.63, 3.8) is 0 Å². The van der Waals surface area contributed by atoms with Gasteiger partial charge in [0.15, 0.2) is 0 Å². The minimum atomic E-state index is -0.785. The summed E-state index contributed by atoms with van der Waals surface area (Å²) in [5.41, 5.74) is 5.67. The molecular weight excluding hydrogens is 372 g/mol. The first kappa shape index (κ1) is 20.5. The average molecular weight is 403 g/mol. The Labute approximate surface area is 179 Å². The van der Waals surface area contributed by atoms with Crippen molar-refractivity contribution in [1.82, 2.24) is 0 Å². The summed E-state index contributed by atoms with van der Waals surface area (Å²) < 4.78 is 11.6. The van der Waals surface area contributed by atoms with Gasteiger partial charge in [-0.15, -0.1) is 0 Å². The molecule has 0 amide bonds. The van der Waals surface area contributed by atoms with Crippen LogP contribution in [0.15, 0.2) is 60.7 Å². The summed E-state index contributed by atoms with van der Waals surface area (Å²) in [6.45, 7) is 4.67. The molecule has 0 heterocycles. The van der Waals surface area contributed by atoms with Gasteiger partial charge in [-0.25, -0.2) is 0 Å². The van der Waals surface area contributed by atoms with Crippen LogP contribution in [-0.4, -0.2) is 12.2 Å². The molecule has 1 fully saturated rings. The van der Waals surface area contributed by atoms with Crippen LogP contribution < -0.4 is 9.47 Å². The number of aryl methyl sites for hydroxylation is 2. The highest BCUT2D eigenvalue weighted by Crippen LogP contribution is 2.45. The first-order valence-electron chi connectivity index (χ1n) is 10.7. The molecule has 0 aliphatic heterocycles. The van der Waals surface area contributed by atoms with Gasteiger partial charge in [0.25, 0.3) is 0 Å². The SMILES string of the molecule is COc1cc(C2(O)CCCC2)c(-c2ccc(OCc3ccccc3)c(C)c2)cc1C. The zero-order valence-electron chi connectivity index (χ0n) is 18.1. The molecule has 0 radical (unpaired) electrons. The summed E-state index contributed by atoms with van der Waals surface area (Å²) in [5.74, 6) is 1.71. The van der Waals surface area contributed by atoms with Crippen molar-refractivity contribution in [2.24, 2.45) is 0 Å². The van der Waals surface area contributed by atoms with Crippen LogP contribution in [0.25, 0.3) is 11.1 Å². The van der Waals surface area contributed by atoms with Crippen molar-refractivity contribution in [1.29, 1.82) is 0 Å². The van der Waals surface area contributed by atoms with Crippen molar-refractivity contribution < 1.29 is 14.6 Å². The Morgan fingerprint density at radius 2 is 1.57 bits per heavy atom. The lowest BCUT2D eigenvalue weighted by molar-refractivity contribution is 0.0448. The zero-order valence-corrected chi connectivity index (χ0v) is 18.1. The van der Waals surface area contributed by atoms with Crippen LogP contribution in [0, 0.1) is 13.8 Å². The summed E-state index contributed by atoms with van der Waals surface area (Å²) in [5, 5.41) is 11.4. The molecule has 0 spiro atoms. The molecule has 0 bridgehead atoms. The molecule has 1 aliphatic rings. The molecule has 1 aliphatic carbocycles.